The Labute approximate surface area is 97.7 Å². The van der Waals surface area contributed by atoms with Crippen LogP contribution in [0, 0.1) is 0 Å². The summed E-state index contributed by atoms with van der Waals surface area (Å²) in [5, 5.41) is 0. The molecule has 1 rings (SSSR count). The van der Waals surface area contributed by atoms with Crippen LogP contribution in [0.2, 0.25) is 0 Å². The standard InChI is InChI=1S/C14H21NO/c1-4-5-6-9-13-14(16)12(11(2)3)8-7-10-15-13/h7-8,10-11H,4-6,9H2,1-3H3. The number of hydrogen-bond acceptors (Lipinski definition) is 2. The van der Waals surface area contributed by atoms with Crippen LogP contribution >= 0.6 is 0 Å². The molecule has 0 aliphatic rings. The quantitative estimate of drug-likeness (QED) is 0.711. The molecule has 1 heterocycles. The van der Waals surface area contributed by atoms with E-state index in [1.165, 1.54) is 6.42 Å². The third-order valence-corrected chi connectivity index (χ3v) is 2.76. The van der Waals surface area contributed by atoms with Crippen molar-refractivity contribution in [2.75, 3.05) is 0 Å². The van der Waals surface area contributed by atoms with Gasteiger partial charge in [0.25, 0.3) is 0 Å². The van der Waals surface area contributed by atoms with E-state index in [0.29, 0.717) is 0 Å². The largest absolute Gasteiger partial charge is 0.288 e. The van der Waals surface area contributed by atoms with E-state index in [2.05, 4.69) is 11.9 Å². The van der Waals surface area contributed by atoms with E-state index in [9.17, 15) is 4.79 Å². The number of rotatable bonds is 5. The van der Waals surface area contributed by atoms with E-state index >= 15 is 0 Å². The minimum Gasteiger partial charge on any atom is -0.288 e. The van der Waals surface area contributed by atoms with Gasteiger partial charge in [0.05, 0.1) is 5.69 Å². The van der Waals surface area contributed by atoms with Crippen molar-refractivity contribution in [1.29, 1.82) is 0 Å². The maximum absolute atomic E-state index is 12.1. The lowest BCUT2D eigenvalue weighted by Crippen LogP contribution is -2.14. The van der Waals surface area contributed by atoms with Crippen LogP contribution < -0.4 is 5.43 Å². The first-order chi connectivity index (χ1) is 7.66. The van der Waals surface area contributed by atoms with Gasteiger partial charge in [0.2, 0.25) is 5.43 Å². The molecule has 0 spiro atoms. The van der Waals surface area contributed by atoms with Crippen molar-refractivity contribution in [2.45, 2.75) is 52.4 Å². The van der Waals surface area contributed by atoms with Gasteiger partial charge < -0.3 is 0 Å². The predicted molar refractivity (Wildman–Crippen MR) is 67.8 cm³/mol. The summed E-state index contributed by atoms with van der Waals surface area (Å²) in [6, 6.07) is 3.75. The Morgan fingerprint density at radius 3 is 2.69 bits per heavy atom. The number of nitrogens with zero attached hydrogens (tertiary/aromatic N) is 1. The zero-order chi connectivity index (χ0) is 12.0. The van der Waals surface area contributed by atoms with Crippen molar-refractivity contribution in [3.05, 3.63) is 39.8 Å². The number of unbranched alkanes of at least 4 members (excludes halogenated alkanes) is 2. The molecule has 1 aromatic rings. The summed E-state index contributed by atoms with van der Waals surface area (Å²) >= 11 is 0. The number of aryl methyl sites for hydroxylation is 1. The van der Waals surface area contributed by atoms with Gasteiger partial charge in [-0.15, -0.1) is 0 Å². The van der Waals surface area contributed by atoms with E-state index in [1.54, 1.807) is 6.20 Å². The summed E-state index contributed by atoms with van der Waals surface area (Å²) in [6.45, 7) is 6.26. The molecule has 0 aliphatic heterocycles. The first kappa shape index (κ1) is 12.9. The van der Waals surface area contributed by atoms with Crippen LogP contribution in [-0.2, 0) is 6.42 Å². The molecule has 88 valence electrons. The summed E-state index contributed by atoms with van der Waals surface area (Å²) in [7, 11) is 0. The minimum atomic E-state index is 0.135. The van der Waals surface area contributed by atoms with Crippen molar-refractivity contribution in [3.8, 4) is 0 Å². The molecule has 0 bridgehead atoms. The zero-order valence-electron chi connectivity index (χ0n) is 10.5. The highest BCUT2D eigenvalue weighted by Crippen LogP contribution is 2.09. The van der Waals surface area contributed by atoms with E-state index in [0.717, 1.165) is 30.5 Å². The fraction of sp³-hybridized carbons (Fsp3) is 0.571. The monoisotopic (exact) mass is 219 g/mol. The lowest BCUT2D eigenvalue weighted by Gasteiger charge is -2.01. The molecule has 0 saturated carbocycles. The maximum Gasteiger partial charge on any atom is 0.203 e. The molecule has 0 fully saturated rings. The third-order valence-electron chi connectivity index (χ3n) is 2.76. The van der Waals surface area contributed by atoms with Crippen LogP contribution in [0.5, 0.6) is 0 Å². The highest BCUT2D eigenvalue weighted by molar-refractivity contribution is 5.19. The molecule has 2 nitrogen and oxygen atoms in total. The van der Waals surface area contributed by atoms with Gasteiger partial charge >= 0.3 is 0 Å². The van der Waals surface area contributed by atoms with Crippen LogP contribution in [-0.4, -0.2) is 4.98 Å². The smallest absolute Gasteiger partial charge is 0.203 e. The van der Waals surface area contributed by atoms with Gasteiger partial charge in [0, 0.05) is 11.8 Å². The van der Waals surface area contributed by atoms with Gasteiger partial charge in [-0.25, -0.2) is 0 Å². The minimum absolute atomic E-state index is 0.135. The van der Waals surface area contributed by atoms with Crippen LogP contribution in [0.15, 0.2) is 23.1 Å². The van der Waals surface area contributed by atoms with Crippen LogP contribution in [0.1, 0.15) is 57.2 Å². The van der Waals surface area contributed by atoms with Gasteiger partial charge in [0.1, 0.15) is 0 Å². The lowest BCUT2D eigenvalue weighted by atomic mass is 10.0. The van der Waals surface area contributed by atoms with Gasteiger partial charge in [-0.05, 0) is 24.8 Å². The molecule has 2 heteroatoms. The van der Waals surface area contributed by atoms with E-state index in [1.807, 2.05) is 26.0 Å². The molecule has 0 aliphatic carbocycles. The Bertz CT molecular complexity index is 385. The van der Waals surface area contributed by atoms with Gasteiger partial charge in [0.15, 0.2) is 0 Å². The second-order valence-corrected chi connectivity index (χ2v) is 4.48. The summed E-state index contributed by atoms with van der Waals surface area (Å²) in [4.78, 5) is 16.4. The third kappa shape index (κ3) is 3.44. The summed E-state index contributed by atoms with van der Waals surface area (Å²) in [5.41, 5.74) is 1.74. The van der Waals surface area contributed by atoms with Crippen LogP contribution in [0.3, 0.4) is 0 Å². The molecule has 1 aromatic heterocycles. The summed E-state index contributed by atoms with van der Waals surface area (Å²) < 4.78 is 0. The summed E-state index contributed by atoms with van der Waals surface area (Å²) in [6.07, 6.45) is 5.93. The predicted octanol–water partition coefficient (Wildman–Crippen LogP) is 3.30. The second-order valence-electron chi connectivity index (χ2n) is 4.48. The van der Waals surface area contributed by atoms with Crippen molar-refractivity contribution in [3.63, 3.8) is 0 Å². The Morgan fingerprint density at radius 1 is 1.31 bits per heavy atom. The first-order valence-corrected chi connectivity index (χ1v) is 6.15. The van der Waals surface area contributed by atoms with E-state index in [-0.39, 0.29) is 11.3 Å². The Balaban J connectivity index is 2.97. The molecule has 0 atom stereocenters. The molecule has 16 heavy (non-hydrogen) atoms. The fourth-order valence-corrected chi connectivity index (χ4v) is 1.76. The van der Waals surface area contributed by atoms with E-state index < -0.39 is 0 Å². The zero-order valence-corrected chi connectivity index (χ0v) is 10.5. The number of hydrogen-bond donors (Lipinski definition) is 0. The van der Waals surface area contributed by atoms with Crippen LogP contribution in [0.4, 0.5) is 0 Å². The first-order valence-electron chi connectivity index (χ1n) is 6.15. The molecular formula is C14H21NO. The molecule has 0 radical (unpaired) electrons. The molecule has 0 unspecified atom stereocenters. The van der Waals surface area contributed by atoms with Crippen LogP contribution in [0.25, 0.3) is 0 Å². The normalized spacial score (nSPS) is 10.8. The molecule has 0 saturated heterocycles. The van der Waals surface area contributed by atoms with Crippen molar-refractivity contribution in [2.24, 2.45) is 0 Å². The molecule has 0 amide bonds. The Hall–Kier alpha value is -1.18. The SMILES string of the molecule is CCCCCc1ncccc(C(C)C)c1=O. The van der Waals surface area contributed by atoms with Crippen molar-refractivity contribution in [1.82, 2.24) is 4.98 Å². The topological polar surface area (TPSA) is 30.0 Å². The average molecular weight is 219 g/mol. The lowest BCUT2D eigenvalue weighted by molar-refractivity contribution is 0.703. The Morgan fingerprint density at radius 2 is 2.06 bits per heavy atom. The molecular weight excluding hydrogens is 198 g/mol. The van der Waals surface area contributed by atoms with Gasteiger partial charge in [-0.3, -0.25) is 9.78 Å². The Kier molecular flexibility index (Phi) is 5.17. The maximum atomic E-state index is 12.1. The molecule has 0 aromatic carbocycles. The second kappa shape index (κ2) is 6.41. The fourth-order valence-electron chi connectivity index (χ4n) is 1.76. The summed E-state index contributed by atoms with van der Waals surface area (Å²) in [5.74, 6) is 0.270. The van der Waals surface area contributed by atoms with Crippen molar-refractivity contribution >= 4 is 0 Å². The average Bonchev–Trinajstić information content (AvgIpc) is 2.42. The highest BCUT2D eigenvalue weighted by Gasteiger charge is 2.07. The van der Waals surface area contributed by atoms with Gasteiger partial charge in [-0.2, -0.15) is 0 Å². The van der Waals surface area contributed by atoms with Gasteiger partial charge in [-0.1, -0.05) is 39.7 Å². The highest BCUT2D eigenvalue weighted by atomic mass is 16.1. The molecule has 0 N–H and O–H groups in total. The van der Waals surface area contributed by atoms with Crippen molar-refractivity contribution < 1.29 is 0 Å². The number of aromatic nitrogens is 1. The van der Waals surface area contributed by atoms with E-state index in [4.69, 9.17) is 0 Å².